The van der Waals surface area contributed by atoms with Crippen LogP contribution >= 0.6 is 11.6 Å². The van der Waals surface area contributed by atoms with Crippen LogP contribution in [-0.2, 0) is 14.4 Å². The summed E-state index contributed by atoms with van der Waals surface area (Å²) in [5, 5.41) is 11.8. The van der Waals surface area contributed by atoms with E-state index in [2.05, 4.69) is 51.2 Å². The summed E-state index contributed by atoms with van der Waals surface area (Å²) >= 11 is 6.03. The molecule has 2 aliphatic carbocycles. The number of carboxylic acid groups (broad SMARTS) is 1. The van der Waals surface area contributed by atoms with Gasteiger partial charge in [0.1, 0.15) is 17.2 Å². The van der Waals surface area contributed by atoms with E-state index < -0.39 is 17.4 Å². The molecule has 1 unspecified atom stereocenters. The van der Waals surface area contributed by atoms with Gasteiger partial charge in [-0.15, -0.1) is 0 Å². The van der Waals surface area contributed by atoms with Gasteiger partial charge in [-0.3, -0.25) is 14.6 Å². The third-order valence-electron chi connectivity index (χ3n) is 8.13. The predicted molar refractivity (Wildman–Crippen MR) is 153 cm³/mol. The molecule has 1 fully saturated rings. The van der Waals surface area contributed by atoms with Crippen molar-refractivity contribution in [3.63, 3.8) is 0 Å². The van der Waals surface area contributed by atoms with Gasteiger partial charge in [0.2, 0.25) is 6.41 Å². The van der Waals surface area contributed by atoms with Crippen LogP contribution in [0.4, 0.5) is 4.39 Å². The normalized spacial score (nSPS) is 23.7. The minimum absolute atomic E-state index is 0. The van der Waals surface area contributed by atoms with Crippen LogP contribution in [0.2, 0.25) is 5.02 Å². The molecule has 1 spiro atoms. The standard InChI is InChI=1S/C27H34ClFN2O.C4H7NO3.Na/c1-18-5-7-19(8-6-18)13-16-31-25(32)24(20-9-10-23(29)22(28)17-20)30-27(31)14-11-21(12-15-27)26(2,3)4;6-3-5-2-1-4(7)8;/h5-7,9-10,17,19,21H,8,11-16H2,1-4H3;3H,1-2H2,(H,5,6)(H,7,8);/q;;+1/p-1. The molecule has 0 saturated heterocycles. The van der Waals surface area contributed by atoms with Gasteiger partial charge in [0.25, 0.3) is 5.91 Å². The van der Waals surface area contributed by atoms with Crippen LogP contribution in [0.1, 0.15) is 78.2 Å². The van der Waals surface area contributed by atoms with Crippen molar-refractivity contribution in [2.75, 3.05) is 13.1 Å². The Bertz CT molecular complexity index is 1190. The molecule has 4 rings (SSSR count). The van der Waals surface area contributed by atoms with E-state index in [-0.39, 0.29) is 58.9 Å². The first-order valence-electron chi connectivity index (χ1n) is 14.0. The zero-order valence-corrected chi connectivity index (χ0v) is 27.6. The van der Waals surface area contributed by atoms with Crippen LogP contribution in [0.15, 0.2) is 47.0 Å². The second kappa shape index (κ2) is 15.5. The number of carbonyl (C=O) groups is 3. The molecule has 2 amide bonds. The number of aliphatic carboxylic acids is 1. The van der Waals surface area contributed by atoms with Gasteiger partial charge in [-0.1, -0.05) is 56.2 Å². The van der Waals surface area contributed by atoms with Crippen LogP contribution in [-0.4, -0.2) is 47.7 Å². The van der Waals surface area contributed by atoms with Crippen molar-refractivity contribution < 1.29 is 53.4 Å². The molecule has 1 aromatic rings. The second-order valence-corrected chi connectivity index (χ2v) is 12.4. The van der Waals surface area contributed by atoms with E-state index in [4.69, 9.17) is 16.6 Å². The number of benzene rings is 1. The van der Waals surface area contributed by atoms with E-state index in [1.165, 1.54) is 17.7 Å². The van der Waals surface area contributed by atoms with E-state index in [1.54, 1.807) is 6.07 Å². The molecule has 1 aromatic carbocycles. The maximum atomic E-state index is 13.7. The number of carbonyl (C=O) groups excluding carboxylic acids is 3. The summed E-state index contributed by atoms with van der Waals surface area (Å²) in [6.07, 6.45) is 12.8. The van der Waals surface area contributed by atoms with Crippen LogP contribution in [0.5, 0.6) is 0 Å². The Morgan fingerprint density at radius 1 is 1.29 bits per heavy atom. The van der Waals surface area contributed by atoms with Crippen LogP contribution in [0.25, 0.3) is 0 Å². The summed E-state index contributed by atoms with van der Waals surface area (Å²) in [6.45, 7) is 9.84. The number of nitrogens with one attached hydrogen (secondary N) is 1. The smallest absolute Gasteiger partial charge is 0.550 e. The van der Waals surface area contributed by atoms with Crippen molar-refractivity contribution in [1.82, 2.24) is 10.2 Å². The molecule has 7 nitrogen and oxygen atoms in total. The first kappa shape index (κ1) is 35.2. The number of allylic oxidation sites excluding steroid dienone is 4. The fourth-order valence-corrected chi connectivity index (χ4v) is 5.80. The third kappa shape index (κ3) is 9.50. The molecule has 218 valence electrons. The fourth-order valence-electron chi connectivity index (χ4n) is 5.62. The van der Waals surface area contributed by atoms with Gasteiger partial charge in [-0.05, 0) is 80.9 Å². The molecule has 0 aromatic heterocycles. The zero-order valence-electron chi connectivity index (χ0n) is 24.8. The SMILES string of the molecule is CC1=CCC(CCN2C(=O)C(c3ccc(F)c(Cl)c3)=NC23CCC(C(C)(C)C)CC3)C=C1.O=CNCCC(=O)[O-].[Na+]. The molecule has 1 saturated carbocycles. The Morgan fingerprint density at radius 2 is 1.98 bits per heavy atom. The molecule has 3 aliphatic rings. The molecular formula is C31H40ClFN3NaO4. The van der Waals surface area contributed by atoms with Gasteiger partial charge in [0, 0.05) is 31.0 Å². The Labute approximate surface area is 270 Å². The van der Waals surface area contributed by atoms with Gasteiger partial charge in [0.05, 0.1) is 5.02 Å². The van der Waals surface area contributed by atoms with Gasteiger partial charge < -0.3 is 20.1 Å². The van der Waals surface area contributed by atoms with Gasteiger partial charge in [-0.2, -0.15) is 0 Å². The second-order valence-electron chi connectivity index (χ2n) is 12.0. The van der Waals surface area contributed by atoms with Crippen LogP contribution in [0.3, 0.4) is 0 Å². The van der Waals surface area contributed by atoms with Crippen LogP contribution < -0.4 is 40.0 Å². The number of hydrogen-bond acceptors (Lipinski definition) is 5. The number of rotatable bonds is 8. The van der Waals surface area contributed by atoms with Gasteiger partial charge >= 0.3 is 29.6 Å². The van der Waals surface area contributed by atoms with E-state index in [0.717, 1.165) is 38.5 Å². The van der Waals surface area contributed by atoms with E-state index in [1.807, 2.05) is 4.90 Å². The summed E-state index contributed by atoms with van der Waals surface area (Å²) < 4.78 is 13.7. The molecule has 1 atom stereocenters. The summed E-state index contributed by atoms with van der Waals surface area (Å²) in [5.74, 6) is -0.614. The van der Waals surface area contributed by atoms with Crippen molar-refractivity contribution in [3.05, 3.63) is 58.4 Å². The molecule has 41 heavy (non-hydrogen) atoms. The van der Waals surface area contributed by atoms with Crippen LogP contribution in [0, 0.1) is 23.1 Å². The predicted octanol–water partition coefficient (Wildman–Crippen LogP) is 1.83. The molecule has 0 bridgehead atoms. The molecular weight excluding hydrogens is 556 g/mol. The minimum atomic E-state index is -1.15. The zero-order chi connectivity index (χ0) is 29.5. The van der Waals surface area contributed by atoms with Crippen molar-refractivity contribution in [2.45, 2.75) is 78.3 Å². The maximum absolute atomic E-state index is 13.7. The average molecular weight is 596 g/mol. The topological polar surface area (TPSA) is 102 Å². The number of aliphatic imine (C=N–C) groups is 1. The molecule has 0 radical (unpaired) electrons. The van der Waals surface area contributed by atoms with Crippen molar-refractivity contribution in [1.29, 1.82) is 0 Å². The van der Waals surface area contributed by atoms with Crippen molar-refractivity contribution >= 4 is 35.6 Å². The summed E-state index contributed by atoms with van der Waals surface area (Å²) in [6, 6.07) is 4.47. The Morgan fingerprint density at radius 3 is 2.51 bits per heavy atom. The summed E-state index contributed by atoms with van der Waals surface area (Å²) in [7, 11) is 0. The summed E-state index contributed by atoms with van der Waals surface area (Å²) in [4.78, 5) is 39.7. The first-order valence-corrected chi connectivity index (χ1v) is 14.3. The van der Waals surface area contributed by atoms with Gasteiger partial charge in [0.15, 0.2) is 0 Å². The third-order valence-corrected chi connectivity index (χ3v) is 8.42. The number of halogens is 2. The molecule has 1 N–H and O–H groups in total. The van der Waals surface area contributed by atoms with E-state index in [9.17, 15) is 23.9 Å². The first-order chi connectivity index (χ1) is 18.9. The quantitative estimate of drug-likeness (QED) is 0.281. The fraction of sp³-hybridized carbons (Fsp3) is 0.548. The van der Waals surface area contributed by atoms with Gasteiger partial charge in [-0.25, -0.2) is 4.39 Å². The monoisotopic (exact) mass is 595 g/mol. The number of carboxylic acids is 1. The average Bonchev–Trinajstić information content (AvgIpc) is 3.16. The largest absolute Gasteiger partial charge is 1.00 e. The van der Waals surface area contributed by atoms with E-state index in [0.29, 0.717) is 36.1 Å². The Hall–Kier alpha value is -2.00. The number of amides is 2. The molecule has 10 heteroatoms. The maximum Gasteiger partial charge on any atom is 1.00 e. The minimum Gasteiger partial charge on any atom is -0.550 e. The Balaban J connectivity index is 0.000000574. The van der Waals surface area contributed by atoms with Crippen molar-refractivity contribution in [2.24, 2.45) is 22.2 Å². The van der Waals surface area contributed by atoms with E-state index >= 15 is 0 Å². The number of nitrogens with zero attached hydrogens (tertiary/aromatic N) is 2. The van der Waals surface area contributed by atoms with Crippen molar-refractivity contribution in [3.8, 4) is 0 Å². The molecule has 1 heterocycles. The number of hydrogen-bond donors (Lipinski definition) is 1. The molecule has 1 aliphatic heterocycles. The summed E-state index contributed by atoms with van der Waals surface area (Å²) in [5.41, 5.74) is 2.10. The Kier molecular flexibility index (Phi) is 13.3.